The number of aromatic nitrogens is 2. The summed E-state index contributed by atoms with van der Waals surface area (Å²) in [6, 6.07) is 12.4. The van der Waals surface area contributed by atoms with E-state index in [9.17, 15) is 4.79 Å². The van der Waals surface area contributed by atoms with E-state index in [-0.39, 0.29) is 11.4 Å². The second-order valence-electron chi connectivity index (χ2n) is 10.0. The zero-order valence-electron chi connectivity index (χ0n) is 20.2. The number of fused-ring (bicyclic) bond motifs is 1. The van der Waals surface area contributed by atoms with Gasteiger partial charge in [-0.15, -0.1) is 0 Å². The minimum atomic E-state index is -0.0136. The zero-order chi connectivity index (χ0) is 23.7. The molecule has 7 heteroatoms. The van der Waals surface area contributed by atoms with E-state index in [1.165, 1.54) is 0 Å². The van der Waals surface area contributed by atoms with Crippen LogP contribution in [0.4, 0.5) is 5.95 Å². The van der Waals surface area contributed by atoms with Crippen LogP contribution in [0.5, 0.6) is 0 Å². The quantitative estimate of drug-likeness (QED) is 0.556. The van der Waals surface area contributed by atoms with E-state index < -0.39 is 0 Å². The number of carbonyl (C=O) groups is 1. The molecule has 2 heterocycles. The topological polar surface area (TPSA) is 79.4 Å². The van der Waals surface area contributed by atoms with Crippen LogP contribution in [0.2, 0.25) is 0 Å². The van der Waals surface area contributed by atoms with E-state index >= 15 is 0 Å². The maximum atomic E-state index is 12.5. The van der Waals surface area contributed by atoms with Crippen LogP contribution in [-0.4, -0.2) is 65.2 Å². The summed E-state index contributed by atoms with van der Waals surface area (Å²) in [6.45, 7) is 10.8. The highest BCUT2D eigenvalue weighted by atomic mass is 16.5. The van der Waals surface area contributed by atoms with Gasteiger partial charge in [0.2, 0.25) is 5.95 Å². The molecule has 0 bridgehead atoms. The van der Waals surface area contributed by atoms with Gasteiger partial charge in [-0.05, 0) is 74.6 Å². The first-order valence-electron chi connectivity index (χ1n) is 12.1. The molecule has 1 amide bonds. The fraction of sp³-hybridized carbons (Fsp3) is 0.444. The molecule has 2 fully saturated rings. The molecule has 178 valence electrons. The number of nitrogens with one attached hydrogen (secondary N) is 2. The second-order valence-corrected chi connectivity index (χ2v) is 10.0. The summed E-state index contributed by atoms with van der Waals surface area (Å²) >= 11 is 0. The van der Waals surface area contributed by atoms with Gasteiger partial charge in [-0.1, -0.05) is 12.1 Å². The number of hydrogen-bond acceptors (Lipinski definition) is 6. The van der Waals surface area contributed by atoms with Crippen LogP contribution in [0.3, 0.4) is 0 Å². The van der Waals surface area contributed by atoms with Crippen molar-refractivity contribution >= 4 is 22.8 Å². The monoisotopic (exact) mass is 459 g/mol. The van der Waals surface area contributed by atoms with Gasteiger partial charge in [0.15, 0.2) is 0 Å². The average Bonchev–Trinajstić information content (AvgIpc) is 3.67. The fourth-order valence-electron chi connectivity index (χ4n) is 4.43. The largest absolute Gasteiger partial charge is 0.379 e. The van der Waals surface area contributed by atoms with E-state index in [1.807, 2.05) is 30.5 Å². The van der Waals surface area contributed by atoms with Crippen LogP contribution < -0.4 is 10.6 Å². The van der Waals surface area contributed by atoms with Crippen molar-refractivity contribution in [1.82, 2.24) is 20.2 Å². The third kappa shape index (κ3) is 5.05. The predicted molar refractivity (Wildman–Crippen MR) is 135 cm³/mol. The lowest BCUT2D eigenvalue weighted by molar-refractivity contribution is -0.00572. The van der Waals surface area contributed by atoms with Crippen molar-refractivity contribution in [2.75, 3.05) is 38.2 Å². The van der Waals surface area contributed by atoms with Gasteiger partial charge in [-0.25, -0.2) is 9.97 Å². The number of amides is 1. The van der Waals surface area contributed by atoms with Crippen molar-refractivity contribution in [3.05, 3.63) is 53.7 Å². The Kier molecular flexibility index (Phi) is 6.23. The van der Waals surface area contributed by atoms with E-state index in [1.54, 1.807) is 0 Å². The molecule has 1 saturated heterocycles. The lowest BCUT2D eigenvalue weighted by Gasteiger charge is -2.40. The Morgan fingerprint density at radius 2 is 1.94 bits per heavy atom. The molecule has 2 N–H and O–H groups in total. The van der Waals surface area contributed by atoms with Crippen LogP contribution in [0.25, 0.3) is 22.0 Å². The Morgan fingerprint density at radius 1 is 1.15 bits per heavy atom. The summed E-state index contributed by atoms with van der Waals surface area (Å²) in [5.74, 6) is 0.639. The van der Waals surface area contributed by atoms with Crippen LogP contribution in [0, 0.1) is 6.92 Å². The second kappa shape index (κ2) is 9.31. The minimum Gasteiger partial charge on any atom is -0.379 e. The Bertz CT molecular complexity index is 1200. The Balaban J connectivity index is 1.32. The molecule has 0 spiro atoms. The number of anilines is 1. The summed E-state index contributed by atoms with van der Waals surface area (Å²) in [5.41, 5.74) is 4.83. The number of rotatable bonds is 7. The van der Waals surface area contributed by atoms with Crippen LogP contribution in [-0.2, 0) is 4.74 Å². The summed E-state index contributed by atoms with van der Waals surface area (Å²) in [5, 5.41) is 7.47. The van der Waals surface area contributed by atoms with Crippen molar-refractivity contribution in [1.29, 1.82) is 0 Å². The predicted octanol–water partition coefficient (Wildman–Crippen LogP) is 4.02. The van der Waals surface area contributed by atoms with Gasteiger partial charge in [0.1, 0.15) is 0 Å². The summed E-state index contributed by atoms with van der Waals surface area (Å²) in [4.78, 5) is 24.3. The lowest BCUT2D eigenvalue weighted by atomic mass is 9.97. The molecule has 1 aromatic heterocycles. The van der Waals surface area contributed by atoms with Crippen molar-refractivity contribution in [2.45, 2.75) is 45.2 Å². The third-order valence-corrected chi connectivity index (χ3v) is 6.85. The van der Waals surface area contributed by atoms with Gasteiger partial charge in [-0.3, -0.25) is 9.69 Å². The van der Waals surface area contributed by atoms with E-state index in [4.69, 9.17) is 9.72 Å². The molecule has 1 aliphatic heterocycles. The Labute approximate surface area is 200 Å². The number of benzene rings is 2. The van der Waals surface area contributed by atoms with E-state index in [0.29, 0.717) is 17.6 Å². The summed E-state index contributed by atoms with van der Waals surface area (Å²) < 4.78 is 5.48. The molecule has 0 radical (unpaired) electrons. The van der Waals surface area contributed by atoms with Gasteiger partial charge in [0.05, 0.1) is 18.7 Å². The van der Waals surface area contributed by atoms with E-state index in [2.05, 4.69) is 53.4 Å². The molecule has 5 rings (SSSR count). The fourth-order valence-corrected chi connectivity index (χ4v) is 4.43. The number of aryl methyl sites for hydroxylation is 1. The summed E-state index contributed by atoms with van der Waals surface area (Å²) in [6.07, 6.45) is 4.03. The maximum Gasteiger partial charge on any atom is 0.251 e. The molecule has 34 heavy (non-hydrogen) atoms. The number of nitrogens with zero attached hydrogens (tertiary/aromatic N) is 3. The molecule has 0 atom stereocenters. The van der Waals surface area contributed by atoms with Crippen LogP contribution in [0.15, 0.2) is 42.6 Å². The van der Waals surface area contributed by atoms with Gasteiger partial charge >= 0.3 is 0 Å². The van der Waals surface area contributed by atoms with Crippen LogP contribution in [0.1, 0.15) is 42.6 Å². The molecule has 2 aromatic carbocycles. The molecule has 2 aliphatic rings. The zero-order valence-corrected chi connectivity index (χ0v) is 20.2. The number of morpholine rings is 1. The van der Waals surface area contributed by atoms with E-state index in [0.717, 1.165) is 73.3 Å². The van der Waals surface area contributed by atoms with Crippen LogP contribution >= 0.6 is 0 Å². The van der Waals surface area contributed by atoms with Crippen molar-refractivity contribution in [2.24, 2.45) is 0 Å². The number of hydrogen-bond donors (Lipinski definition) is 2. The summed E-state index contributed by atoms with van der Waals surface area (Å²) in [7, 11) is 0. The smallest absolute Gasteiger partial charge is 0.251 e. The maximum absolute atomic E-state index is 12.5. The minimum absolute atomic E-state index is 0.00333. The first-order chi connectivity index (χ1) is 16.4. The molecule has 7 nitrogen and oxygen atoms in total. The molecular weight excluding hydrogens is 426 g/mol. The standard InChI is InChI=1S/C27H33N5O2/c1-18-4-5-20(25(33)30-22-7-8-22)15-23(18)19-6-9-24-21(14-19)16-28-26(31-24)29-17-27(2,3)32-10-12-34-13-11-32/h4-6,9,14-16,22H,7-8,10-13,17H2,1-3H3,(H,30,33)(H,28,29,31). The molecule has 3 aromatic rings. The van der Waals surface area contributed by atoms with Crippen molar-refractivity contribution < 1.29 is 9.53 Å². The Hall–Kier alpha value is -3.03. The number of ether oxygens (including phenoxy) is 1. The molecule has 1 saturated carbocycles. The highest BCUT2D eigenvalue weighted by Gasteiger charge is 2.28. The Morgan fingerprint density at radius 3 is 2.71 bits per heavy atom. The van der Waals surface area contributed by atoms with Crippen molar-refractivity contribution in [3.8, 4) is 11.1 Å². The van der Waals surface area contributed by atoms with Gasteiger partial charge in [0.25, 0.3) is 5.91 Å². The molecule has 0 unspecified atom stereocenters. The van der Waals surface area contributed by atoms with Gasteiger partial charge in [0, 0.05) is 48.4 Å². The SMILES string of the molecule is Cc1ccc(C(=O)NC2CC2)cc1-c1ccc2nc(NCC(C)(C)N3CCOCC3)ncc2c1. The van der Waals surface area contributed by atoms with Gasteiger partial charge < -0.3 is 15.4 Å². The van der Waals surface area contributed by atoms with Gasteiger partial charge in [-0.2, -0.15) is 0 Å². The highest BCUT2D eigenvalue weighted by molar-refractivity contribution is 5.96. The highest BCUT2D eigenvalue weighted by Crippen LogP contribution is 2.28. The molecule has 1 aliphatic carbocycles. The average molecular weight is 460 g/mol. The molecular formula is C27H33N5O2. The third-order valence-electron chi connectivity index (χ3n) is 6.85. The van der Waals surface area contributed by atoms with Crippen molar-refractivity contribution in [3.63, 3.8) is 0 Å². The lowest BCUT2D eigenvalue weighted by Crippen LogP contribution is -2.53. The number of carbonyl (C=O) groups excluding carboxylic acids is 1. The first-order valence-corrected chi connectivity index (χ1v) is 12.1. The first kappa shape index (κ1) is 22.7. The normalized spacial score (nSPS) is 17.0.